The van der Waals surface area contributed by atoms with Gasteiger partial charge in [-0.05, 0) is 18.6 Å². The third kappa shape index (κ3) is 3.92. The van der Waals surface area contributed by atoms with Gasteiger partial charge < -0.3 is 14.7 Å². The Labute approximate surface area is 110 Å². The number of nitro groups is 1. The van der Waals surface area contributed by atoms with Gasteiger partial charge in [0.15, 0.2) is 0 Å². The molecule has 0 spiro atoms. The van der Waals surface area contributed by atoms with E-state index in [1.807, 2.05) is 0 Å². The average Bonchev–Trinajstić information content (AvgIpc) is 2.38. The van der Waals surface area contributed by atoms with Crippen LogP contribution in [0.2, 0.25) is 0 Å². The Bertz CT molecular complexity index is 475. The standard InChI is InChI=1S/C12H16N2O5/c1-13(6-3-7-19-2)10-5-4-9(12(15)16)8-11(10)14(17)18/h4-5,8H,3,6-7H2,1-2H3,(H,15,16). The molecule has 0 aliphatic rings. The van der Waals surface area contributed by atoms with Crippen molar-refractivity contribution in [3.63, 3.8) is 0 Å². The maximum absolute atomic E-state index is 11.0. The smallest absolute Gasteiger partial charge is 0.335 e. The summed E-state index contributed by atoms with van der Waals surface area (Å²) < 4.78 is 4.92. The van der Waals surface area contributed by atoms with Crippen molar-refractivity contribution in [3.8, 4) is 0 Å². The Hall–Kier alpha value is -2.15. The maximum atomic E-state index is 11.0. The Kier molecular flexibility index (Phi) is 5.25. The second-order valence-corrected chi connectivity index (χ2v) is 4.03. The summed E-state index contributed by atoms with van der Waals surface area (Å²) in [5.74, 6) is -1.18. The highest BCUT2D eigenvalue weighted by molar-refractivity contribution is 5.89. The Balaban J connectivity index is 2.99. The van der Waals surface area contributed by atoms with E-state index in [0.29, 0.717) is 18.8 Å². The number of nitro benzene ring substituents is 1. The van der Waals surface area contributed by atoms with Crippen molar-refractivity contribution in [2.75, 3.05) is 32.2 Å². The van der Waals surface area contributed by atoms with Crippen LogP contribution in [0.1, 0.15) is 16.8 Å². The van der Waals surface area contributed by atoms with Crippen LogP contribution in [0.3, 0.4) is 0 Å². The molecule has 0 bridgehead atoms. The lowest BCUT2D eigenvalue weighted by atomic mass is 10.1. The van der Waals surface area contributed by atoms with Gasteiger partial charge in [-0.3, -0.25) is 10.1 Å². The fraction of sp³-hybridized carbons (Fsp3) is 0.417. The molecule has 1 aromatic carbocycles. The average molecular weight is 268 g/mol. The zero-order chi connectivity index (χ0) is 14.4. The number of nitrogens with zero attached hydrogens (tertiary/aromatic N) is 2. The molecule has 104 valence electrons. The number of carboxylic acid groups (broad SMARTS) is 1. The van der Waals surface area contributed by atoms with Gasteiger partial charge in [0.05, 0.1) is 10.5 Å². The predicted octanol–water partition coefficient (Wildman–Crippen LogP) is 1.77. The molecule has 0 amide bonds. The molecular formula is C12H16N2O5. The summed E-state index contributed by atoms with van der Waals surface area (Å²) in [6, 6.07) is 3.89. The fourth-order valence-corrected chi connectivity index (χ4v) is 1.69. The van der Waals surface area contributed by atoms with Gasteiger partial charge >= 0.3 is 5.97 Å². The Morgan fingerprint density at radius 2 is 2.21 bits per heavy atom. The molecule has 0 aliphatic carbocycles. The van der Waals surface area contributed by atoms with Gasteiger partial charge in [-0.25, -0.2) is 4.79 Å². The summed E-state index contributed by atoms with van der Waals surface area (Å²) >= 11 is 0. The maximum Gasteiger partial charge on any atom is 0.335 e. The van der Waals surface area contributed by atoms with Gasteiger partial charge in [0.2, 0.25) is 0 Å². The molecule has 0 saturated carbocycles. The van der Waals surface area contributed by atoms with Crippen LogP contribution < -0.4 is 4.90 Å². The molecular weight excluding hydrogens is 252 g/mol. The number of carbonyl (C=O) groups is 1. The number of aromatic carboxylic acids is 1. The minimum absolute atomic E-state index is 0.0965. The second-order valence-electron chi connectivity index (χ2n) is 4.03. The highest BCUT2D eigenvalue weighted by Crippen LogP contribution is 2.28. The summed E-state index contributed by atoms with van der Waals surface area (Å²) in [6.45, 7) is 1.15. The summed E-state index contributed by atoms with van der Waals surface area (Å²) in [5, 5.41) is 19.8. The molecule has 1 rings (SSSR count). The normalized spacial score (nSPS) is 10.2. The van der Waals surface area contributed by atoms with E-state index in [4.69, 9.17) is 9.84 Å². The number of benzene rings is 1. The molecule has 0 atom stereocenters. The van der Waals surface area contributed by atoms with Crippen molar-refractivity contribution < 1.29 is 19.6 Å². The first-order valence-electron chi connectivity index (χ1n) is 5.69. The summed E-state index contributed by atoms with van der Waals surface area (Å²) in [7, 11) is 3.31. The van der Waals surface area contributed by atoms with Gasteiger partial charge in [-0.15, -0.1) is 0 Å². The van der Waals surface area contributed by atoms with Crippen LogP contribution in [-0.4, -0.2) is 43.3 Å². The number of ether oxygens (including phenoxy) is 1. The molecule has 0 aromatic heterocycles. The molecule has 0 radical (unpaired) electrons. The second kappa shape index (κ2) is 6.69. The van der Waals surface area contributed by atoms with E-state index in [9.17, 15) is 14.9 Å². The van der Waals surface area contributed by atoms with Crippen LogP contribution in [0.15, 0.2) is 18.2 Å². The van der Waals surface area contributed by atoms with E-state index >= 15 is 0 Å². The molecule has 0 saturated heterocycles. The first-order chi connectivity index (χ1) is 8.97. The first-order valence-corrected chi connectivity index (χ1v) is 5.69. The Morgan fingerprint density at radius 1 is 1.53 bits per heavy atom. The highest BCUT2D eigenvalue weighted by atomic mass is 16.6. The minimum atomic E-state index is -1.18. The number of hydrogen-bond donors (Lipinski definition) is 1. The topological polar surface area (TPSA) is 92.9 Å². The largest absolute Gasteiger partial charge is 0.478 e. The zero-order valence-electron chi connectivity index (χ0n) is 10.8. The van der Waals surface area contributed by atoms with E-state index in [1.54, 1.807) is 19.1 Å². The quantitative estimate of drug-likeness (QED) is 0.460. The van der Waals surface area contributed by atoms with Gasteiger partial charge in [0.25, 0.3) is 5.69 Å². The van der Waals surface area contributed by atoms with Gasteiger partial charge in [-0.2, -0.15) is 0 Å². The summed E-state index contributed by atoms with van der Waals surface area (Å²) in [6.07, 6.45) is 0.727. The van der Waals surface area contributed by atoms with Crippen molar-refractivity contribution in [1.82, 2.24) is 0 Å². The van der Waals surface area contributed by atoms with E-state index in [0.717, 1.165) is 12.5 Å². The lowest BCUT2D eigenvalue weighted by molar-refractivity contribution is -0.384. The van der Waals surface area contributed by atoms with Crippen LogP contribution in [0, 0.1) is 10.1 Å². The lowest BCUT2D eigenvalue weighted by Crippen LogP contribution is -2.21. The number of rotatable bonds is 7. The third-order valence-electron chi connectivity index (χ3n) is 2.67. The Morgan fingerprint density at radius 3 is 2.74 bits per heavy atom. The molecule has 1 N–H and O–H groups in total. The summed E-state index contributed by atoms with van der Waals surface area (Å²) in [4.78, 5) is 22.9. The molecule has 0 aliphatic heterocycles. The van der Waals surface area contributed by atoms with E-state index in [-0.39, 0.29) is 11.3 Å². The molecule has 19 heavy (non-hydrogen) atoms. The van der Waals surface area contributed by atoms with Crippen molar-refractivity contribution in [2.45, 2.75) is 6.42 Å². The van der Waals surface area contributed by atoms with Crippen molar-refractivity contribution >= 4 is 17.3 Å². The zero-order valence-corrected chi connectivity index (χ0v) is 10.8. The molecule has 1 aromatic rings. The SMILES string of the molecule is COCCCN(C)c1ccc(C(=O)O)cc1[N+](=O)[O-]. The fourth-order valence-electron chi connectivity index (χ4n) is 1.69. The van der Waals surface area contributed by atoms with E-state index < -0.39 is 10.9 Å². The van der Waals surface area contributed by atoms with Gasteiger partial charge in [0.1, 0.15) is 5.69 Å². The van der Waals surface area contributed by atoms with Crippen LogP contribution in [-0.2, 0) is 4.74 Å². The molecule has 0 heterocycles. The van der Waals surface area contributed by atoms with Gasteiger partial charge in [0, 0.05) is 33.4 Å². The minimum Gasteiger partial charge on any atom is -0.478 e. The molecule has 7 heteroatoms. The number of carboxylic acids is 1. The number of hydrogen-bond acceptors (Lipinski definition) is 5. The highest BCUT2D eigenvalue weighted by Gasteiger charge is 2.19. The molecule has 0 unspecified atom stereocenters. The van der Waals surface area contributed by atoms with Crippen LogP contribution in [0.25, 0.3) is 0 Å². The van der Waals surface area contributed by atoms with Crippen LogP contribution in [0.4, 0.5) is 11.4 Å². The third-order valence-corrected chi connectivity index (χ3v) is 2.67. The van der Waals surface area contributed by atoms with E-state index in [2.05, 4.69) is 0 Å². The molecule has 0 fully saturated rings. The monoisotopic (exact) mass is 268 g/mol. The first kappa shape index (κ1) is 14.9. The van der Waals surface area contributed by atoms with Crippen molar-refractivity contribution in [3.05, 3.63) is 33.9 Å². The van der Waals surface area contributed by atoms with Crippen LogP contribution in [0.5, 0.6) is 0 Å². The predicted molar refractivity (Wildman–Crippen MR) is 69.8 cm³/mol. The lowest BCUT2D eigenvalue weighted by Gasteiger charge is -2.19. The van der Waals surface area contributed by atoms with Crippen molar-refractivity contribution in [1.29, 1.82) is 0 Å². The number of anilines is 1. The summed E-state index contributed by atoms with van der Waals surface area (Å²) in [5.41, 5.74) is 0.0895. The number of methoxy groups -OCH3 is 1. The van der Waals surface area contributed by atoms with Crippen LogP contribution >= 0.6 is 0 Å². The van der Waals surface area contributed by atoms with Crippen molar-refractivity contribution in [2.24, 2.45) is 0 Å². The molecule has 7 nitrogen and oxygen atoms in total. The van der Waals surface area contributed by atoms with E-state index in [1.165, 1.54) is 12.1 Å². The van der Waals surface area contributed by atoms with Gasteiger partial charge in [-0.1, -0.05) is 0 Å².